The Balaban J connectivity index is 1.05. The number of hydrogen-bond donors (Lipinski definition) is 0. The van der Waals surface area contributed by atoms with Gasteiger partial charge in [0, 0.05) is 35.3 Å². The average Bonchev–Trinajstić information content (AvgIpc) is 3.64. The van der Waals surface area contributed by atoms with Gasteiger partial charge in [0.15, 0.2) is 0 Å². The van der Waals surface area contributed by atoms with Crippen LogP contribution in [0.4, 0.5) is 0 Å². The van der Waals surface area contributed by atoms with Crippen molar-refractivity contribution >= 4 is 75.6 Å². The SMILES string of the molecule is c1ccc(-c2ccc3ccccc3c2-c2ccc3c(c2)Sc2cccc4c2c-3cc2sc3cc(-c5c(-c6ccccc6)ccc6ccccc56)ccc3c24)cc1. The normalized spacial score (nSPS) is 12.2. The molecule has 1 aliphatic heterocycles. The maximum atomic E-state index is 2.48. The van der Waals surface area contributed by atoms with E-state index < -0.39 is 0 Å². The summed E-state index contributed by atoms with van der Waals surface area (Å²) in [5.41, 5.74) is 12.7. The molecule has 1 aliphatic rings. The molecule has 11 aromatic rings. The van der Waals surface area contributed by atoms with E-state index in [4.69, 9.17) is 0 Å². The minimum atomic E-state index is 1.24. The Kier molecular flexibility index (Phi) is 7.14. The lowest BCUT2D eigenvalue weighted by Crippen LogP contribution is -1.95. The lowest BCUT2D eigenvalue weighted by molar-refractivity contribution is 1.40. The summed E-state index contributed by atoms with van der Waals surface area (Å²) >= 11 is 3.83. The second-order valence-corrected chi connectivity index (χ2v) is 16.9. The maximum Gasteiger partial charge on any atom is 0.0368 e. The quantitative estimate of drug-likeness (QED) is 0.173. The summed E-state index contributed by atoms with van der Waals surface area (Å²) in [5, 5.41) is 10.5. The number of rotatable bonds is 4. The molecule has 0 aliphatic carbocycles. The fraction of sp³-hybridized carbons (Fsp3) is 0. The van der Waals surface area contributed by atoms with Crippen molar-refractivity contribution in [1.29, 1.82) is 0 Å². The highest BCUT2D eigenvalue weighted by molar-refractivity contribution is 7.99. The molecule has 0 nitrogen and oxygen atoms in total. The van der Waals surface area contributed by atoms with Crippen LogP contribution in [0.15, 0.2) is 204 Å². The van der Waals surface area contributed by atoms with E-state index in [1.165, 1.54) is 118 Å². The summed E-state index contributed by atoms with van der Waals surface area (Å²) in [5.74, 6) is 0. The third kappa shape index (κ3) is 4.86. The molecule has 0 atom stereocenters. The van der Waals surface area contributed by atoms with Crippen LogP contribution in [0.2, 0.25) is 0 Å². The van der Waals surface area contributed by atoms with Gasteiger partial charge in [-0.2, -0.15) is 0 Å². The van der Waals surface area contributed by atoms with Gasteiger partial charge in [-0.3, -0.25) is 0 Å². The first-order chi connectivity index (χ1) is 27.8. The fourth-order valence-corrected chi connectivity index (χ4v) is 11.5. The van der Waals surface area contributed by atoms with Crippen molar-refractivity contribution in [1.82, 2.24) is 0 Å². The van der Waals surface area contributed by atoms with E-state index in [1.54, 1.807) is 0 Å². The topological polar surface area (TPSA) is 0 Å². The van der Waals surface area contributed by atoms with Crippen LogP contribution in [0.5, 0.6) is 0 Å². The minimum Gasteiger partial charge on any atom is -0.135 e. The van der Waals surface area contributed by atoms with E-state index in [0.29, 0.717) is 0 Å². The molecule has 260 valence electrons. The highest BCUT2D eigenvalue weighted by atomic mass is 32.2. The van der Waals surface area contributed by atoms with Crippen LogP contribution in [0.25, 0.3) is 108 Å². The Morgan fingerprint density at radius 3 is 1.54 bits per heavy atom. The van der Waals surface area contributed by atoms with Gasteiger partial charge in [-0.05, 0) is 107 Å². The standard InChI is InChI=1S/C54H32S2/c1-3-12-33(13-4-1)41-26-22-35-16-7-9-18-39(35)51(41)37-24-28-43-46-32-50-53(45-20-11-21-47(54(45)46)55-48(43)30-37)44-29-25-38(31-49(44)56-50)52-40-19-10-8-17-36(40)23-27-42(52)34-14-5-2-6-15-34/h1-32H. The summed E-state index contributed by atoms with van der Waals surface area (Å²) in [4.78, 5) is 2.63. The van der Waals surface area contributed by atoms with Crippen molar-refractivity contribution in [3.8, 4) is 55.6 Å². The Morgan fingerprint density at radius 2 is 0.857 bits per heavy atom. The first kappa shape index (κ1) is 31.9. The Labute approximate surface area is 333 Å². The zero-order valence-corrected chi connectivity index (χ0v) is 31.9. The highest BCUT2D eigenvalue weighted by Gasteiger charge is 2.24. The molecule has 2 heteroatoms. The summed E-state index contributed by atoms with van der Waals surface area (Å²) in [6.07, 6.45) is 0. The van der Waals surface area contributed by atoms with Crippen molar-refractivity contribution < 1.29 is 0 Å². The van der Waals surface area contributed by atoms with Crippen LogP contribution in [-0.4, -0.2) is 0 Å². The molecule has 2 heterocycles. The third-order valence-corrected chi connectivity index (χ3v) is 13.9. The molecular weight excluding hydrogens is 713 g/mol. The van der Waals surface area contributed by atoms with Gasteiger partial charge < -0.3 is 0 Å². The van der Waals surface area contributed by atoms with Crippen molar-refractivity contribution in [2.75, 3.05) is 0 Å². The number of thiophene rings is 1. The van der Waals surface area contributed by atoms with Gasteiger partial charge in [0.2, 0.25) is 0 Å². The molecule has 0 unspecified atom stereocenters. The fourth-order valence-electron chi connectivity index (χ4n) is 9.15. The van der Waals surface area contributed by atoms with E-state index in [0.717, 1.165) is 0 Å². The van der Waals surface area contributed by atoms with Crippen LogP contribution >= 0.6 is 23.1 Å². The molecule has 0 N–H and O–H groups in total. The largest absolute Gasteiger partial charge is 0.135 e. The predicted octanol–water partition coefficient (Wildman–Crippen LogP) is 16.3. The Hall–Kier alpha value is -6.45. The summed E-state index contributed by atoms with van der Waals surface area (Å²) in [6, 6.07) is 72.0. The molecule has 0 saturated heterocycles. The zero-order chi connectivity index (χ0) is 36.7. The lowest BCUT2D eigenvalue weighted by atomic mass is 9.88. The highest BCUT2D eigenvalue weighted by Crippen LogP contribution is 2.53. The molecular formula is C54H32S2. The number of benzene rings is 10. The zero-order valence-electron chi connectivity index (χ0n) is 30.3. The molecule has 0 spiro atoms. The summed E-state index contributed by atoms with van der Waals surface area (Å²) in [6.45, 7) is 0. The Morgan fingerprint density at radius 1 is 0.286 bits per heavy atom. The van der Waals surface area contributed by atoms with E-state index in [-0.39, 0.29) is 0 Å². The van der Waals surface area contributed by atoms with Gasteiger partial charge in [-0.25, -0.2) is 0 Å². The summed E-state index contributed by atoms with van der Waals surface area (Å²) in [7, 11) is 0. The smallest absolute Gasteiger partial charge is 0.0368 e. The predicted molar refractivity (Wildman–Crippen MR) is 243 cm³/mol. The van der Waals surface area contributed by atoms with Gasteiger partial charge in [0.1, 0.15) is 0 Å². The van der Waals surface area contributed by atoms with Crippen LogP contribution in [0.1, 0.15) is 0 Å². The average molecular weight is 745 g/mol. The molecule has 10 aromatic carbocycles. The monoisotopic (exact) mass is 744 g/mol. The Bertz CT molecular complexity index is 3370. The molecule has 0 amide bonds. The van der Waals surface area contributed by atoms with E-state index in [1.807, 2.05) is 23.1 Å². The van der Waals surface area contributed by atoms with Crippen LogP contribution in [0.3, 0.4) is 0 Å². The molecule has 0 bridgehead atoms. The molecule has 0 saturated carbocycles. The molecule has 12 rings (SSSR count). The van der Waals surface area contributed by atoms with Gasteiger partial charge in [-0.15, -0.1) is 11.3 Å². The summed E-state index contributed by atoms with van der Waals surface area (Å²) < 4.78 is 2.65. The van der Waals surface area contributed by atoms with Gasteiger partial charge >= 0.3 is 0 Å². The van der Waals surface area contributed by atoms with Gasteiger partial charge in [0.05, 0.1) is 0 Å². The molecule has 0 radical (unpaired) electrons. The first-order valence-electron chi connectivity index (χ1n) is 19.2. The number of hydrogen-bond acceptors (Lipinski definition) is 2. The second-order valence-electron chi connectivity index (χ2n) is 14.8. The first-order valence-corrected chi connectivity index (χ1v) is 20.8. The van der Waals surface area contributed by atoms with E-state index in [9.17, 15) is 0 Å². The third-order valence-electron chi connectivity index (χ3n) is 11.7. The van der Waals surface area contributed by atoms with Crippen molar-refractivity contribution in [3.05, 3.63) is 194 Å². The van der Waals surface area contributed by atoms with Crippen LogP contribution in [-0.2, 0) is 0 Å². The molecule has 1 aromatic heterocycles. The van der Waals surface area contributed by atoms with Gasteiger partial charge in [-0.1, -0.05) is 182 Å². The molecule has 0 fully saturated rings. The maximum absolute atomic E-state index is 2.48. The molecule has 56 heavy (non-hydrogen) atoms. The van der Waals surface area contributed by atoms with E-state index >= 15 is 0 Å². The number of fused-ring (bicyclic) bond motifs is 8. The van der Waals surface area contributed by atoms with Crippen molar-refractivity contribution in [2.24, 2.45) is 0 Å². The van der Waals surface area contributed by atoms with Crippen molar-refractivity contribution in [3.63, 3.8) is 0 Å². The second kappa shape index (κ2) is 12.5. The van der Waals surface area contributed by atoms with Crippen LogP contribution < -0.4 is 0 Å². The van der Waals surface area contributed by atoms with Crippen molar-refractivity contribution in [2.45, 2.75) is 9.79 Å². The minimum absolute atomic E-state index is 1.24. The lowest BCUT2D eigenvalue weighted by Gasteiger charge is -2.22. The van der Waals surface area contributed by atoms with E-state index in [2.05, 4.69) is 194 Å². The van der Waals surface area contributed by atoms with Gasteiger partial charge in [0.25, 0.3) is 0 Å². The van der Waals surface area contributed by atoms with Crippen LogP contribution in [0, 0.1) is 0 Å².